The molecule has 2 aliphatic heterocycles. The Hall–Kier alpha value is -4.40. The van der Waals surface area contributed by atoms with Gasteiger partial charge in [0.25, 0.3) is 0 Å². The largest absolute Gasteiger partial charge is 0.497 e. The van der Waals surface area contributed by atoms with Gasteiger partial charge < -0.3 is 34.1 Å². The molecule has 0 atom stereocenters. The summed E-state index contributed by atoms with van der Waals surface area (Å²) in [6, 6.07) is 18.6. The quantitative estimate of drug-likeness (QED) is 0.571. The summed E-state index contributed by atoms with van der Waals surface area (Å²) in [4.78, 5) is 22.0. The van der Waals surface area contributed by atoms with Gasteiger partial charge in [0.1, 0.15) is 23.0 Å². The molecule has 1 N–H and O–H groups in total. The highest BCUT2D eigenvalue weighted by Crippen LogP contribution is 2.42. The molecule has 186 valence electrons. The molecule has 9 heteroatoms. The Morgan fingerprint density at radius 1 is 0.889 bits per heavy atom. The topological polar surface area (TPSA) is 84.9 Å². The standard InChI is InChI=1S/C27H28N4O5/c1-33-18-11-12-21(24(17-18)35-3)29-27(32)31-15-13-30(14-16-31)26-19-7-6-10-23(34-2)25(19)36-22-9-5-4-8-20(22)28-26/h4-12,17H,13-16H2,1-3H3,(H,29,32). The van der Waals surface area contributed by atoms with E-state index in [1.54, 1.807) is 44.4 Å². The molecule has 5 rings (SSSR count). The first-order chi connectivity index (χ1) is 17.6. The maximum atomic E-state index is 13.0. The zero-order valence-corrected chi connectivity index (χ0v) is 20.5. The zero-order chi connectivity index (χ0) is 25.1. The van der Waals surface area contributed by atoms with Gasteiger partial charge in [-0.3, -0.25) is 0 Å². The van der Waals surface area contributed by atoms with Crippen LogP contribution in [0.15, 0.2) is 65.7 Å². The monoisotopic (exact) mass is 488 g/mol. The van der Waals surface area contributed by atoms with Crippen molar-refractivity contribution in [1.29, 1.82) is 0 Å². The number of aliphatic imine (C=N–C) groups is 1. The van der Waals surface area contributed by atoms with Crippen molar-refractivity contribution >= 4 is 23.2 Å². The molecule has 0 saturated carbocycles. The van der Waals surface area contributed by atoms with Crippen molar-refractivity contribution < 1.29 is 23.7 Å². The summed E-state index contributed by atoms with van der Waals surface area (Å²) >= 11 is 0. The molecule has 3 aromatic rings. The SMILES string of the molecule is COc1ccc(NC(=O)N2CCN(C3=Nc4ccccc4Oc4c(OC)cccc43)CC2)c(OC)c1. The maximum absolute atomic E-state index is 13.0. The minimum Gasteiger partial charge on any atom is -0.497 e. The van der Waals surface area contributed by atoms with Crippen molar-refractivity contribution in [3.8, 4) is 28.7 Å². The third kappa shape index (κ3) is 4.47. The van der Waals surface area contributed by atoms with Crippen LogP contribution in [0.4, 0.5) is 16.2 Å². The molecule has 2 amide bonds. The van der Waals surface area contributed by atoms with Gasteiger partial charge in [0.15, 0.2) is 17.2 Å². The number of nitrogens with zero attached hydrogens (tertiary/aromatic N) is 3. The Morgan fingerprint density at radius 3 is 2.42 bits per heavy atom. The molecule has 1 fully saturated rings. The van der Waals surface area contributed by atoms with Crippen LogP contribution in [-0.2, 0) is 0 Å². The van der Waals surface area contributed by atoms with E-state index < -0.39 is 0 Å². The fourth-order valence-corrected chi connectivity index (χ4v) is 4.34. The van der Waals surface area contributed by atoms with Crippen LogP contribution in [0.2, 0.25) is 0 Å². The number of urea groups is 1. The molecule has 0 bridgehead atoms. The van der Waals surface area contributed by atoms with Gasteiger partial charge in [-0.05, 0) is 36.4 Å². The van der Waals surface area contributed by atoms with Crippen LogP contribution in [0.5, 0.6) is 28.7 Å². The second-order valence-corrected chi connectivity index (χ2v) is 8.31. The average molecular weight is 489 g/mol. The van der Waals surface area contributed by atoms with Crippen LogP contribution in [-0.4, -0.2) is 69.2 Å². The Labute approximate surface area is 209 Å². The molecule has 0 aliphatic carbocycles. The lowest BCUT2D eigenvalue weighted by atomic mass is 10.1. The highest BCUT2D eigenvalue weighted by Gasteiger charge is 2.29. The van der Waals surface area contributed by atoms with Gasteiger partial charge in [0.05, 0.1) is 32.6 Å². The number of ether oxygens (including phenoxy) is 4. The first kappa shape index (κ1) is 23.3. The highest BCUT2D eigenvalue weighted by molar-refractivity contribution is 6.04. The number of anilines is 1. The van der Waals surface area contributed by atoms with Crippen LogP contribution in [0.25, 0.3) is 0 Å². The Bertz CT molecular complexity index is 1300. The number of methoxy groups -OCH3 is 3. The summed E-state index contributed by atoms with van der Waals surface area (Å²) in [5, 5.41) is 2.95. The molecule has 9 nitrogen and oxygen atoms in total. The number of amides is 2. The van der Waals surface area contributed by atoms with Crippen molar-refractivity contribution in [2.75, 3.05) is 52.8 Å². The maximum Gasteiger partial charge on any atom is 0.322 e. The molecule has 2 heterocycles. The summed E-state index contributed by atoms with van der Waals surface area (Å²) in [6.45, 7) is 2.30. The number of carbonyl (C=O) groups excluding carboxylic acids is 1. The zero-order valence-electron chi connectivity index (χ0n) is 20.5. The predicted octanol–water partition coefficient (Wildman–Crippen LogP) is 4.75. The smallest absolute Gasteiger partial charge is 0.322 e. The Balaban J connectivity index is 1.35. The van der Waals surface area contributed by atoms with Gasteiger partial charge in [-0.15, -0.1) is 0 Å². The van der Waals surface area contributed by atoms with Gasteiger partial charge >= 0.3 is 6.03 Å². The van der Waals surface area contributed by atoms with Gasteiger partial charge in [-0.2, -0.15) is 0 Å². The van der Waals surface area contributed by atoms with E-state index in [1.807, 2.05) is 42.5 Å². The number of para-hydroxylation sites is 3. The van der Waals surface area contributed by atoms with Crippen LogP contribution < -0.4 is 24.3 Å². The van der Waals surface area contributed by atoms with Gasteiger partial charge in [0, 0.05) is 32.2 Å². The number of nitrogens with one attached hydrogen (secondary N) is 1. The minimum absolute atomic E-state index is 0.184. The molecule has 0 aromatic heterocycles. The lowest BCUT2D eigenvalue weighted by Crippen LogP contribution is -2.51. The number of benzene rings is 3. The van der Waals surface area contributed by atoms with Crippen LogP contribution in [0.3, 0.4) is 0 Å². The van der Waals surface area contributed by atoms with Crippen molar-refractivity contribution in [3.05, 3.63) is 66.2 Å². The van der Waals surface area contributed by atoms with Crippen molar-refractivity contribution in [2.45, 2.75) is 0 Å². The normalized spacial score (nSPS) is 14.5. The van der Waals surface area contributed by atoms with E-state index in [0.29, 0.717) is 60.6 Å². The highest BCUT2D eigenvalue weighted by atomic mass is 16.5. The third-order valence-electron chi connectivity index (χ3n) is 6.26. The van der Waals surface area contributed by atoms with Crippen LogP contribution >= 0.6 is 0 Å². The van der Waals surface area contributed by atoms with E-state index in [2.05, 4.69) is 10.2 Å². The van der Waals surface area contributed by atoms with Crippen molar-refractivity contribution in [2.24, 2.45) is 4.99 Å². The Kier molecular flexibility index (Phi) is 6.53. The summed E-state index contributed by atoms with van der Waals surface area (Å²) in [7, 11) is 4.78. The van der Waals surface area contributed by atoms with Crippen LogP contribution in [0.1, 0.15) is 5.56 Å². The third-order valence-corrected chi connectivity index (χ3v) is 6.26. The summed E-state index contributed by atoms with van der Waals surface area (Å²) in [5.74, 6) is 3.94. The van der Waals surface area contributed by atoms with E-state index in [0.717, 1.165) is 17.1 Å². The number of fused-ring (bicyclic) bond motifs is 2. The molecule has 0 unspecified atom stereocenters. The second kappa shape index (κ2) is 10.1. The van der Waals surface area contributed by atoms with E-state index in [4.69, 9.17) is 23.9 Å². The molecule has 3 aromatic carbocycles. The summed E-state index contributed by atoms with van der Waals surface area (Å²) in [5.41, 5.74) is 2.19. The minimum atomic E-state index is -0.184. The lowest BCUT2D eigenvalue weighted by Gasteiger charge is -2.36. The lowest BCUT2D eigenvalue weighted by molar-refractivity contribution is 0.181. The fraction of sp³-hybridized carbons (Fsp3) is 0.259. The molecule has 1 saturated heterocycles. The van der Waals surface area contributed by atoms with E-state index >= 15 is 0 Å². The molecule has 36 heavy (non-hydrogen) atoms. The number of rotatable bonds is 4. The average Bonchev–Trinajstić information content (AvgIpc) is 3.10. The number of amidine groups is 1. The molecular weight excluding hydrogens is 460 g/mol. The van der Waals surface area contributed by atoms with E-state index in [-0.39, 0.29) is 6.03 Å². The predicted molar refractivity (Wildman–Crippen MR) is 137 cm³/mol. The molecule has 0 spiro atoms. The van der Waals surface area contributed by atoms with Gasteiger partial charge in [-0.25, -0.2) is 9.79 Å². The van der Waals surface area contributed by atoms with Gasteiger partial charge in [0.2, 0.25) is 0 Å². The molecule has 0 radical (unpaired) electrons. The first-order valence-electron chi connectivity index (χ1n) is 11.7. The number of hydrogen-bond donors (Lipinski definition) is 1. The van der Waals surface area contributed by atoms with E-state index in [9.17, 15) is 4.79 Å². The number of carbonyl (C=O) groups is 1. The van der Waals surface area contributed by atoms with Crippen molar-refractivity contribution in [3.63, 3.8) is 0 Å². The fourth-order valence-electron chi connectivity index (χ4n) is 4.34. The van der Waals surface area contributed by atoms with Crippen molar-refractivity contribution in [1.82, 2.24) is 9.80 Å². The molecule has 2 aliphatic rings. The first-order valence-corrected chi connectivity index (χ1v) is 11.7. The second-order valence-electron chi connectivity index (χ2n) is 8.31. The Morgan fingerprint density at radius 2 is 1.67 bits per heavy atom. The number of piperazine rings is 1. The van der Waals surface area contributed by atoms with Crippen LogP contribution in [0, 0.1) is 0 Å². The summed E-state index contributed by atoms with van der Waals surface area (Å²) in [6.07, 6.45) is 0. The van der Waals surface area contributed by atoms with Gasteiger partial charge in [-0.1, -0.05) is 18.2 Å². The van der Waals surface area contributed by atoms with E-state index in [1.165, 1.54) is 0 Å². The molecular formula is C27H28N4O5. The summed E-state index contributed by atoms with van der Waals surface area (Å²) < 4.78 is 22.5. The number of hydrogen-bond acceptors (Lipinski definition) is 7.